The summed E-state index contributed by atoms with van der Waals surface area (Å²) in [5, 5.41) is 0. The number of benzene rings is 1. The molecule has 0 aliphatic heterocycles. The maximum Gasteiger partial charge on any atom is 0.170 e. The highest BCUT2D eigenvalue weighted by molar-refractivity contribution is 5.99. The fourth-order valence-electron chi connectivity index (χ4n) is 2.36. The SMILES string of the molecule is COc1cccc(F)c1C(=O)CCN(C)C1CCC1. The summed E-state index contributed by atoms with van der Waals surface area (Å²) < 4.78 is 18.8. The van der Waals surface area contributed by atoms with Crippen molar-refractivity contribution in [2.45, 2.75) is 31.7 Å². The van der Waals surface area contributed by atoms with E-state index in [1.54, 1.807) is 12.1 Å². The van der Waals surface area contributed by atoms with Crippen LogP contribution in [0.1, 0.15) is 36.0 Å². The Labute approximate surface area is 113 Å². The van der Waals surface area contributed by atoms with Gasteiger partial charge in [-0.1, -0.05) is 12.5 Å². The van der Waals surface area contributed by atoms with E-state index in [0.717, 1.165) is 0 Å². The minimum absolute atomic E-state index is 0.0759. The van der Waals surface area contributed by atoms with E-state index in [0.29, 0.717) is 24.8 Å². The van der Waals surface area contributed by atoms with E-state index in [1.165, 1.54) is 32.4 Å². The predicted molar refractivity (Wildman–Crippen MR) is 72.2 cm³/mol. The lowest BCUT2D eigenvalue weighted by Gasteiger charge is -2.34. The van der Waals surface area contributed by atoms with Crippen LogP contribution in [0.3, 0.4) is 0 Å². The van der Waals surface area contributed by atoms with E-state index in [2.05, 4.69) is 4.90 Å². The van der Waals surface area contributed by atoms with Gasteiger partial charge in [-0.05, 0) is 32.0 Å². The molecule has 0 amide bonds. The number of ether oxygens (including phenoxy) is 1. The smallest absolute Gasteiger partial charge is 0.170 e. The Morgan fingerprint density at radius 3 is 2.79 bits per heavy atom. The van der Waals surface area contributed by atoms with Crippen LogP contribution in [0.15, 0.2) is 18.2 Å². The molecule has 1 aromatic rings. The lowest BCUT2D eigenvalue weighted by atomic mass is 9.91. The Bertz CT molecular complexity index is 457. The number of hydrogen-bond acceptors (Lipinski definition) is 3. The third kappa shape index (κ3) is 3.13. The van der Waals surface area contributed by atoms with E-state index in [-0.39, 0.29) is 11.3 Å². The van der Waals surface area contributed by atoms with Crippen LogP contribution in [0.2, 0.25) is 0 Å². The third-order valence-corrected chi connectivity index (χ3v) is 3.86. The van der Waals surface area contributed by atoms with Gasteiger partial charge in [-0.25, -0.2) is 4.39 Å². The molecule has 0 heterocycles. The summed E-state index contributed by atoms with van der Waals surface area (Å²) in [6, 6.07) is 5.05. The van der Waals surface area contributed by atoms with Crippen molar-refractivity contribution >= 4 is 5.78 Å². The van der Waals surface area contributed by atoms with Crippen molar-refractivity contribution in [2.75, 3.05) is 20.7 Å². The summed E-state index contributed by atoms with van der Waals surface area (Å²) in [4.78, 5) is 14.3. The lowest BCUT2D eigenvalue weighted by Crippen LogP contribution is -2.38. The fourth-order valence-corrected chi connectivity index (χ4v) is 2.36. The second-order valence-corrected chi connectivity index (χ2v) is 5.06. The van der Waals surface area contributed by atoms with Gasteiger partial charge in [0.25, 0.3) is 0 Å². The summed E-state index contributed by atoms with van der Waals surface area (Å²) in [5.41, 5.74) is 0.0759. The standard InChI is InChI=1S/C15H20FNO2/c1-17(11-5-3-6-11)10-9-13(18)15-12(16)7-4-8-14(15)19-2/h4,7-8,11H,3,5-6,9-10H2,1-2H3. The lowest BCUT2D eigenvalue weighted by molar-refractivity contribution is 0.0932. The molecule has 104 valence electrons. The number of carbonyl (C=O) groups is 1. The first-order valence-electron chi connectivity index (χ1n) is 6.69. The molecule has 0 aromatic heterocycles. The Kier molecular flexibility index (Phi) is 4.53. The Morgan fingerprint density at radius 1 is 1.47 bits per heavy atom. The number of ketones is 1. The van der Waals surface area contributed by atoms with E-state index < -0.39 is 5.82 Å². The van der Waals surface area contributed by atoms with Crippen molar-refractivity contribution in [2.24, 2.45) is 0 Å². The summed E-state index contributed by atoms with van der Waals surface area (Å²) in [6.45, 7) is 0.668. The largest absolute Gasteiger partial charge is 0.496 e. The zero-order chi connectivity index (χ0) is 13.8. The van der Waals surface area contributed by atoms with Crippen molar-refractivity contribution in [3.63, 3.8) is 0 Å². The van der Waals surface area contributed by atoms with E-state index in [9.17, 15) is 9.18 Å². The number of methoxy groups -OCH3 is 1. The van der Waals surface area contributed by atoms with Crippen LogP contribution in [0.4, 0.5) is 4.39 Å². The Hall–Kier alpha value is -1.42. The van der Waals surface area contributed by atoms with Crippen molar-refractivity contribution < 1.29 is 13.9 Å². The molecule has 1 aliphatic rings. The number of Topliss-reactive ketones (excluding diaryl/α,β-unsaturated/α-hetero) is 1. The van der Waals surface area contributed by atoms with Crippen LogP contribution < -0.4 is 4.74 Å². The molecule has 0 bridgehead atoms. The average Bonchev–Trinajstić information content (AvgIpc) is 2.33. The van der Waals surface area contributed by atoms with Gasteiger partial charge in [0.05, 0.1) is 12.7 Å². The molecular weight excluding hydrogens is 245 g/mol. The summed E-state index contributed by atoms with van der Waals surface area (Å²) >= 11 is 0. The van der Waals surface area contributed by atoms with Gasteiger partial charge in [-0.2, -0.15) is 0 Å². The van der Waals surface area contributed by atoms with Gasteiger partial charge in [-0.3, -0.25) is 4.79 Å². The minimum atomic E-state index is -0.504. The molecule has 3 nitrogen and oxygen atoms in total. The monoisotopic (exact) mass is 265 g/mol. The minimum Gasteiger partial charge on any atom is -0.496 e. The normalized spacial score (nSPS) is 15.4. The summed E-state index contributed by atoms with van der Waals surface area (Å²) in [6.07, 6.45) is 4.00. The molecule has 0 N–H and O–H groups in total. The molecule has 0 unspecified atom stereocenters. The molecule has 2 rings (SSSR count). The van der Waals surface area contributed by atoms with Crippen LogP contribution >= 0.6 is 0 Å². The zero-order valence-corrected chi connectivity index (χ0v) is 11.5. The molecule has 0 atom stereocenters. The quantitative estimate of drug-likeness (QED) is 0.741. The molecule has 1 aliphatic carbocycles. The third-order valence-electron chi connectivity index (χ3n) is 3.86. The van der Waals surface area contributed by atoms with Crippen molar-refractivity contribution in [3.05, 3.63) is 29.6 Å². The number of halogens is 1. The first kappa shape index (κ1) is 14.0. The topological polar surface area (TPSA) is 29.5 Å². The maximum absolute atomic E-state index is 13.7. The average molecular weight is 265 g/mol. The number of rotatable bonds is 6. The molecule has 19 heavy (non-hydrogen) atoms. The van der Waals surface area contributed by atoms with Gasteiger partial charge in [0.2, 0.25) is 0 Å². The Balaban J connectivity index is 1.99. The molecule has 0 radical (unpaired) electrons. The molecule has 1 aromatic carbocycles. The van der Waals surface area contributed by atoms with Gasteiger partial charge in [0.15, 0.2) is 5.78 Å². The van der Waals surface area contributed by atoms with Crippen molar-refractivity contribution in [1.82, 2.24) is 4.90 Å². The summed E-state index contributed by atoms with van der Waals surface area (Å²) in [7, 11) is 3.47. The van der Waals surface area contributed by atoms with Crippen LogP contribution in [-0.4, -0.2) is 37.4 Å². The highest BCUT2D eigenvalue weighted by Gasteiger charge is 2.23. The molecular formula is C15H20FNO2. The second-order valence-electron chi connectivity index (χ2n) is 5.06. The fraction of sp³-hybridized carbons (Fsp3) is 0.533. The van der Waals surface area contributed by atoms with Crippen LogP contribution in [-0.2, 0) is 0 Å². The predicted octanol–water partition coefficient (Wildman–Crippen LogP) is 2.89. The van der Waals surface area contributed by atoms with Crippen molar-refractivity contribution in [3.8, 4) is 5.75 Å². The molecule has 1 fully saturated rings. The van der Waals surface area contributed by atoms with Crippen molar-refractivity contribution in [1.29, 1.82) is 0 Å². The van der Waals surface area contributed by atoms with E-state index in [4.69, 9.17) is 4.74 Å². The highest BCUT2D eigenvalue weighted by Crippen LogP contribution is 2.25. The molecule has 1 saturated carbocycles. The van der Waals surface area contributed by atoms with Gasteiger partial charge >= 0.3 is 0 Å². The van der Waals surface area contributed by atoms with Crippen LogP contribution in [0.5, 0.6) is 5.75 Å². The molecule has 0 saturated heterocycles. The first-order chi connectivity index (χ1) is 9.13. The number of hydrogen-bond donors (Lipinski definition) is 0. The highest BCUT2D eigenvalue weighted by atomic mass is 19.1. The van der Waals surface area contributed by atoms with Crippen LogP contribution in [0.25, 0.3) is 0 Å². The van der Waals surface area contributed by atoms with E-state index >= 15 is 0 Å². The van der Waals surface area contributed by atoms with Gasteiger partial charge in [0.1, 0.15) is 11.6 Å². The zero-order valence-electron chi connectivity index (χ0n) is 11.5. The van der Waals surface area contributed by atoms with Gasteiger partial charge in [0, 0.05) is 19.0 Å². The van der Waals surface area contributed by atoms with E-state index in [1.807, 2.05) is 7.05 Å². The first-order valence-corrected chi connectivity index (χ1v) is 6.69. The summed E-state index contributed by atoms with van der Waals surface area (Å²) in [5.74, 6) is -0.381. The maximum atomic E-state index is 13.7. The van der Waals surface area contributed by atoms with Crippen LogP contribution in [0, 0.1) is 5.82 Å². The molecule has 0 spiro atoms. The second kappa shape index (κ2) is 6.15. The Morgan fingerprint density at radius 2 is 2.21 bits per heavy atom. The van der Waals surface area contributed by atoms with Gasteiger partial charge in [-0.15, -0.1) is 0 Å². The number of carbonyl (C=O) groups excluding carboxylic acids is 1. The number of nitrogens with zero attached hydrogens (tertiary/aromatic N) is 1. The molecule has 4 heteroatoms. The van der Waals surface area contributed by atoms with Gasteiger partial charge < -0.3 is 9.64 Å².